The van der Waals surface area contributed by atoms with Gasteiger partial charge >= 0.3 is 0 Å². The Morgan fingerprint density at radius 1 is 1.42 bits per heavy atom. The van der Waals surface area contributed by atoms with E-state index in [1.54, 1.807) is 6.07 Å². The molecular weight excluding hydrogens is 245 g/mol. The topological polar surface area (TPSA) is 30.5 Å². The van der Waals surface area contributed by atoms with Crippen LogP contribution in [0.3, 0.4) is 0 Å². The van der Waals surface area contributed by atoms with Crippen molar-refractivity contribution in [1.29, 1.82) is 0 Å². The summed E-state index contributed by atoms with van der Waals surface area (Å²) >= 11 is 0. The molecule has 2 aliphatic rings. The first kappa shape index (κ1) is 12.9. The summed E-state index contributed by atoms with van der Waals surface area (Å²) in [5.41, 5.74) is 1.04. The number of benzene rings is 1. The van der Waals surface area contributed by atoms with Gasteiger partial charge in [0, 0.05) is 12.1 Å². The average Bonchev–Trinajstić information content (AvgIpc) is 3.01. The molecule has 0 amide bonds. The molecule has 1 N–H and O–H groups in total. The zero-order chi connectivity index (χ0) is 13.4. The molecule has 4 atom stereocenters. The third-order valence-corrected chi connectivity index (χ3v) is 4.25. The molecule has 0 saturated carbocycles. The second-order valence-corrected chi connectivity index (χ2v) is 5.50. The first-order valence-electron chi connectivity index (χ1n) is 6.92. The van der Waals surface area contributed by atoms with Crippen molar-refractivity contribution in [2.45, 2.75) is 50.5 Å². The highest BCUT2D eigenvalue weighted by Gasteiger charge is 2.41. The van der Waals surface area contributed by atoms with E-state index in [1.165, 1.54) is 19.6 Å². The molecule has 2 aliphatic heterocycles. The maximum Gasteiger partial charge on any atom is 0.165 e. The third-order valence-electron chi connectivity index (χ3n) is 4.25. The quantitative estimate of drug-likeness (QED) is 0.908. The van der Waals surface area contributed by atoms with Crippen molar-refractivity contribution in [1.82, 2.24) is 5.32 Å². The summed E-state index contributed by atoms with van der Waals surface area (Å²) in [7, 11) is 1.49. The van der Waals surface area contributed by atoms with Crippen LogP contribution in [-0.2, 0) is 4.74 Å². The number of halogens is 1. The van der Waals surface area contributed by atoms with E-state index in [4.69, 9.17) is 9.47 Å². The molecule has 2 saturated heterocycles. The summed E-state index contributed by atoms with van der Waals surface area (Å²) < 4.78 is 24.3. The van der Waals surface area contributed by atoms with Gasteiger partial charge in [0.05, 0.1) is 19.3 Å². The standard InChI is InChI=1S/C15H20FNO2/c1-9(10-3-5-12(16)15(7-10)18-2)17-13-8-11-4-6-14(13)19-11/h3,5,7,9,11,13-14,17H,4,6,8H2,1-2H3/t9-,11+,13-,14+/m1/s1. The Bertz CT molecular complexity index is 465. The van der Waals surface area contributed by atoms with Gasteiger partial charge in [0.1, 0.15) is 0 Å². The van der Waals surface area contributed by atoms with Crippen LogP contribution in [0.15, 0.2) is 18.2 Å². The molecule has 2 fully saturated rings. The van der Waals surface area contributed by atoms with Crippen molar-refractivity contribution in [2.24, 2.45) is 0 Å². The first-order chi connectivity index (χ1) is 9.17. The minimum Gasteiger partial charge on any atom is -0.494 e. The van der Waals surface area contributed by atoms with Crippen LogP contribution in [0, 0.1) is 5.82 Å². The van der Waals surface area contributed by atoms with Crippen molar-refractivity contribution in [2.75, 3.05) is 7.11 Å². The molecule has 0 aliphatic carbocycles. The number of hydrogen-bond acceptors (Lipinski definition) is 3. The first-order valence-corrected chi connectivity index (χ1v) is 6.92. The Balaban J connectivity index is 1.68. The number of hydrogen-bond donors (Lipinski definition) is 1. The van der Waals surface area contributed by atoms with Gasteiger partial charge in [-0.05, 0) is 43.9 Å². The lowest BCUT2D eigenvalue weighted by molar-refractivity contribution is 0.0962. The Labute approximate surface area is 113 Å². The molecule has 0 aromatic heterocycles. The van der Waals surface area contributed by atoms with Crippen LogP contribution in [0.5, 0.6) is 5.75 Å². The monoisotopic (exact) mass is 265 g/mol. The number of rotatable bonds is 4. The van der Waals surface area contributed by atoms with E-state index in [0.29, 0.717) is 24.0 Å². The Hall–Kier alpha value is -1.13. The number of ether oxygens (including phenoxy) is 2. The van der Waals surface area contributed by atoms with Crippen LogP contribution in [0.25, 0.3) is 0 Å². The number of nitrogens with one attached hydrogen (secondary N) is 1. The minimum atomic E-state index is -0.318. The van der Waals surface area contributed by atoms with Gasteiger partial charge < -0.3 is 14.8 Å². The average molecular weight is 265 g/mol. The largest absolute Gasteiger partial charge is 0.494 e. The molecule has 1 aromatic rings. The summed E-state index contributed by atoms with van der Waals surface area (Å²) in [5, 5.41) is 3.59. The molecule has 104 valence electrons. The smallest absolute Gasteiger partial charge is 0.165 e. The SMILES string of the molecule is COc1cc([C@@H](C)N[C@@H]2C[C@@H]3CC[C@@H]2O3)ccc1F. The van der Waals surface area contributed by atoms with Crippen LogP contribution < -0.4 is 10.1 Å². The highest BCUT2D eigenvalue weighted by Crippen LogP contribution is 2.35. The summed E-state index contributed by atoms with van der Waals surface area (Å²) in [6, 6.07) is 5.63. The van der Waals surface area contributed by atoms with Crippen LogP contribution in [-0.4, -0.2) is 25.4 Å². The molecule has 4 heteroatoms. The number of methoxy groups -OCH3 is 1. The van der Waals surface area contributed by atoms with Gasteiger partial charge in [0.2, 0.25) is 0 Å². The van der Waals surface area contributed by atoms with Crippen LogP contribution in [0.4, 0.5) is 4.39 Å². The lowest BCUT2D eigenvalue weighted by Gasteiger charge is -2.25. The third kappa shape index (κ3) is 2.47. The van der Waals surface area contributed by atoms with E-state index < -0.39 is 0 Å². The van der Waals surface area contributed by atoms with Crippen molar-refractivity contribution in [3.05, 3.63) is 29.6 Å². The highest BCUT2D eigenvalue weighted by molar-refractivity contribution is 5.32. The molecule has 2 bridgehead atoms. The van der Waals surface area contributed by atoms with Crippen molar-refractivity contribution < 1.29 is 13.9 Å². The molecule has 2 heterocycles. The van der Waals surface area contributed by atoms with Gasteiger partial charge in [-0.3, -0.25) is 0 Å². The van der Waals surface area contributed by atoms with E-state index in [-0.39, 0.29) is 11.9 Å². The fraction of sp³-hybridized carbons (Fsp3) is 0.600. The molecular formula is C15H20FNO2. The maximum atomic E-state index is 13.4. The zero-order valence-electron chi connectivity index (χ0n) is 11.4. The molecule has 0 radical (unpaired) electrons. The molecule has 3 rings (SSSR count). The minimum absolute atomic E-state index is 0.169. The van der Waals surface area contributed by atoms with Crippen LogP contribution in [0.2, 0.25) is 0 Å². The zero-order valence-corrected chi connectivity index (χ0v) is 11.4. The van der Waals surface area contributed by atoms with E-state index in [1.807, 2.05) is 6.07 Å². The van der Waals surface area contributed by atoms with Crippen molar-refractivity contribution >= 4 is 0 Å². The summed E-state index contributed by atoms with van der Waals surface area (Å²) in [6.07, 6.45) is 4.24. The Morgan fingerprint density at radius 3 is 2.89 bits per heavy atom. The Morgan fingerprint density at radius 2 is 2.26 bits per heavy atom. The van der Waals surface area contributed by atoms with Crippen molar-refractivity contribution in [3.8, 4) is 5.75 Å². The second-order valence-electron chi connectivity index (χ2n) is 5.50. The molecule has 1 aromatic carbocycles. The highest BCUT2D eigenvalue weighted by atomic mass is 19.1. The summed E-state index contributed by atoms with van der Waals surface area (Å²) in [5.74, 6) is -0.0166. The molecule has 19 heavy (non-hydrogen) atoms. The fourth-order valence-corrected chi connectivity index (χ4v) is 3.18. The number of fused-ring (bicyclic) bond motifs is 2. The van der Waals surface area contributed by atoms with Gasteiger partial charge in [0.25, 0.3) is 0 Å². The fourth-order valence-electron chi connectivity index (χ4n) is 3.18. The molecule has 0 spiro atoms. The summed E-state index contributed by atoms with van der Waals surface area (Å²) in [4.78, 5) is 0. The lowest BCUT2D eigenvalue weighted by atomic mass is 9.94. The van der Waals surface area contributed by atoms with E-state index in [2.05, 4.69) is 12.2 Å². The van der Waals surface area contributed by atoms with E-state index in [9.17, 15) is 4.39 Å². The van der Waals surface area contributed by atoms with Crippen LogP contribution >= 0.6 is 0 Å². The van der Waals surface area contributed by atoms with Gasteiger partial charge in [-0.2, -0.15) is 0 Å². The van der Waals surface area contributed by atoms with Gasteiger partial charge in [-0.25, -0.2) is 4.39 Å². The maximum absolute atomic E-state index is 13.4. The van der Waals surface area contributed by atoms with E-state index >= 15 is 0 Å². The van der Waals surface area contributed by atoms with Gasteiger partial charge in [-0.15, -0.1) is 0 Å². The summed E-state index contributed by atoms with van der Waals surface area (Å²) in [6.45, 7) is 2.10. The van der Waals surface area contributed by atoms with Crippen molar-refractivity contribution in [3.63, 3.8) is 0 Å². The Kier molecular flexibility index (Phi) is 3.46. The normalized spacial score (nSPS) is 30.6. The van der Waals surface area contributed by atoms with E-state index in [0.717, 1.165) is 18.4 Å². The lowest BCUT2D eigenvalue weighted by Crippen LogP contribution is -2.38. The molecule has 3 nitrogen and oxygen atoms in total. The predicted octanol–water partition coefficient (Wildman–Crippen LogP) is 2.80. The van der Waals surface area contributed by atoms with Gasteiger partial charge in [0.15, 0.2) is 11.6 Å². The van der Waals surface area contributed by atoms with Crippen LogP contribution in [0.1, 0.15) is 37.8 Å². The molecule has 0 unspecified atom stereocenters. The van der Waals surface area contributed by atoms with Gasteiger partial charge in [-0.1, -0.05) is 6.07 Å². The second kappa shape index (κ2) is 5.10. The predicted molar refractivity (Wildman–Crippen MR) is 70.8 cm³/mol.